The van der Waals surface area contributed by atoms with Crippen LogP contribution in [0.1, 0.15) is 27.2 Å². The first kappa shape index (κ1) is 22.9. The lowest BCUT2D eigenvalue weighted by Gasteiger charge is -2.35. The Morgan fingerprint density at radius 2 is 1.94 bits per heavy atom. The molecule has 1 aliphatic rings. The number of benzene rings is 3. The van der Waals surface area contributed by atoms with Crippen molar-refractivity contribution in [2.75, 3.05) is 11.9 Å². The Hall–Kier alpha value is -3.91. The Morgan fingerprint density at radius 1 is 1.11 bits per heavy atom. The smallest absolute Gasteiger partial charge is 0.324 e. The fourth-order valence-corrected chi connectivity index (χ4v) is 4.36. The highest BCUT2D eigenvalue weighted by Crippen LogP contribution is 2.32. The second kappa shape index (κ2) is 9.03. The number of carbonyl (C=O) groups is 2. The Balaban J connectivity index is 1.39. The summed E-state index contributed by atoms with van der Waals surface area (Å²) < 4.78 is 33.4. The van der Waals surface area contributed by atoms with Crippen LogP contribution >= 0.6 is 11.6 Å². The second-order valence-electron chi connectivity index (χ2n) is 8.35. The quantitative estimate of drug-likeness (QED) is 0.377. The first-order valence-electron chi connectivity index (χ1n) is 10.8. The number of hydrogen-bond donors (Lipinski definition) is 1. The van der Waals surface area contributed by atoms with Gasteiger partial charge in [0.25, 0.3) is 5.91 Å². The van der Waals surface area contributed by atoms with Gasteiger partial charge in [-0.1, -0.05) is 23.7 Å². The van der Waals surface area contributed by atoms with Crippen molar-refractivity contribution in [3.8, 4) is 0 Å². The summed E-state index contributed by atoms with van der Waals surface area (Å²) in [6.07, 6.45) is 0. The second-order valence-corrected chi connectivity index (χ2v) is 8.75. The van der Waals surface area contributed by atoms with Gasteiger partial charge in [-0.25, -0.2) is 13.6 Å². The normalized spacial score (nSPS) is 13.3. The van der Waals surface area contributed by atoms with Gasteiger partial charge in [0, 0.05) is 41.2 Å². The topological polar surface area (TPSA) is 65.8 Å². The third-order valence-electron chi connectivity index (χ3n) is 5.94. The average molecular weight is 496 g/mol. The van der Waals surface area contributed by atoms with Gasteiger partial charge in [0.05, 0.1) is 18.8 Å². The van der Waals surface area contributed by atoms with E-state index >= 15 is 0 Å². The maximum atomic E-state index is 14.4. The van der Waals surface area contributed by atoms with Crippen molar-refractivity contribution in [3.05, 3.63) is 99.8 Å². The Morgan fingerprint density at radius 3 is 2.74 bits per heavy atom. The highest BCUT2D eigenvalue weighted by Gasteiger charge is 2.30. The number of anilines is 1. The summed E-state index contributed by atoms with van der Waals surface area (Å²) in [6.45, 7) is 0.373. The van der Waals surface area contributed by atoms with Gasteiger partial charge < -0.3 is 14.6 Å². The summed E-state index contributed by atoms with van der Waals surface area (Å²) in [5.74, 6) is -0.822. The first-order valence-corrected chi connectivity index (χ1v) is 11.2. The molecule has 5 rings (SSSR count). The van der Waals surface area contributed by atoms with Gasteiger partial charge in [0.15, 0.2) is 0 Å². The Labute approximate surface area is 204 Å². The number of hydrogen-bond acceptors (Lipinski definition) is 3. The van der Waals surface area contributed by atoms with E-state index in [1.54, 1.807) is 43.4 Å². The van der Waals surface area contributed by atoms with Crippen LogP contribution < -0.4 is 10.2 Å². The van der Waals surface area contributed by atoms with Crippen LogP contribution in [-0.4, -0.2) is 23.9 Å². The van der Waals surface area contributed by atoms with Crippen LogP contribution in [0, 0.1) is 11.6 Å². The number of amides is 3. The maximum Gasteiger partial charge on any atom is 0.324 e. The van der Waals surface area contributed by atoms with Gasteiger partial charge >= 0.3 is 6.03 Å². The lowest BCUT2D eigenvalue weighted by atomic mass is 10.0. The number of nitrogens with one attached hydrogen (secondary N) is 1. The van der Waals surface area contributed by atoms with E-state index in [-0.39, 0.29) is 35.6 Å². The zero-order valence-corrected chi connectivity index (χ0v) is 19.4. The molecule has 0 atom stereocenters. The van der Waals surface area contributed by atoms with E-state index in [0.717, 1.165) is 10.9 Å². The fourth-order valence-electron chi connectivity index (χ4n) is 4.13. The Kier molecular flexibility index (Phi) is 5.90. The molecule has 0 radical (unpaired) electrons. The number of halogens is 3. The average Bonchev–Trinajstić information content (AvgIpc) is 3.24. The lowest BCUT2D eigenvalue weighted by Crippen LogP contribution is -2.45. The van der Waals surface area contributed by atoms with Crippen LogP contribution in [0.2, 0.25) is 5.02 Å². The van der Waals surface area contributed by atoms with Crippen LogP contribution in [0.5, 0.6) is 0 Å². The van der Waals surface area contributed by atoms with Gasteiger partial charge in [-0.3, -0.25) is 9.69 Å². The molecule has 3 aromatic carbocycles. The van der Waals surface area contributed by atoms with Crippen LogP contribution in [-0.2, 0) is 19.6 Å². The number of nitrogens with zero attached hydrogens (tertiary/aromatic N) is 2. The molecule has 0 bridgehead atoms. The zero-order chi connectivity index (χ0) is 24.7. The molecule has 0 unspecified atom stereocenters. The summed E-state index contributed by atoms with van der Waals surface area (Å²) in [5.41, 5.74) is 2.25. The lowest BCUT2D eigenvalue weighted by molar-refractivity contribution is 0.0948. The predicted molar refractivity (Wildman–Crippen MR) is 128 cm³/mol. The molecule has 35 heavy (non-hydrogen) atoms. The summed E-state index contributed by atoms with van der Waals surface area (Å²) >= 11 is 6.19. The molecule has 1 aromatic heterocycles. The zero-order valence-electron chi connectivity index (χ0n) is 18.6. The standard InChI is InChI=1S/C26H20ClF2N3O3/c1-31-13-17-6-5-16(25(33)30-12-19-9-15-7-8-18(28)11-24(15)35-19)10-23(17)32(26(31)34)14-20-21(27)3-2-4-22(20)29/h2-11H,12-14H2,1H3,(H,30,33). The molecule has 0 spiro atoms. The van der Waals surface area contributed by atoms with Crippen molar-refractivity contribution in [1.29, 1.82) is 0 Å². The van der Waals surface area contributed by atoms with E-state index in [4.69, 9.17) is 16.0 Å². The van der Waals surface area contributed by atoms with Crippen molar-refractivity contribution in [2.45, 2.75) is 19.6 Å². The van der Waals surface area contributed by atoms with Gasteiger partial charge in [0.1, 0.15) is 23.0 Å². The molecule has 0 saturated heterocycles. The molecule has 2 heterocycles. The number of rotatable bonds is 5. The first-order chi connectivity index (χ1) is 16.8. The van der Waals surface area contributed by atoms with E-state index in [0.29, 0.717) is 29.1 Å². The van der Waals surface area contributed by atoms with E-state index in [2.05, 4.69) is 5.32 Å². The third kappa shape index (κ3) is 4.44. The molecule has 3 amide bonds. The minimum Gasteiger partial charge on any atom is -0.459 e. The SMILES string of the molecule is CN1Cc2ccc(C(=O)NCc3cc4ccc(F)cc4o3)cc2N(Cc2c(F)cccc2Cl)C1=O. The minimum absolute atomic E-state index is 0.0811. The molecule has 1 N–H and O–H groups in total. The van der Waals surface area contributed by atoms with E-state index < -0.39 is 11.6 Å². The maximum absolute atomic E-state index is 14.4. The molecular weight excluding hydrogens is 476 g/mol. The van der Waals surface area contributed by atoms with Crippen LogP contribution in [0.3, 0.4) is 0 Å². The molecular formula is C26H20ClF2N3O3. The number of fused-ring (bicyclic) bond motifs is 2. The molecule has 0 aliphatic carbocycles. The van der Waals surface area contributed by atoms with Gasteiger partial charge in [-0.2, -0.15) is 0 Å². The summed E-state index contributed by atoms with van der Waals surface area (Å²) in [5, 5.41) is 3.72. The van der Waals surface area contributed by atoms with E-state index in [1.807, 2.05) is 0 Å². The van der Waals surface area contributed by atoms with Crippen LogP contribution in [0.25, 0.3) is 11.0 Å². The van der Waals surface area contributed by atoms with Crippen molar-refractivity contribution in [3.63, 3.8) is 0 Å². The minimum atomic E-state index is -0.514. The molecule has 0 saturated carbocycles. The summed E-state index contributed by atoms with van der Waals surface area (Å²) in [6, 6.07) is 15.0. The largest absolute Gasteiger partial charge is 0.459 e. The number of carbonyl (C=O) groups excluding carboxylic acids is 2. The van der Waals surface area contributed by atoms with Gasteiger partial charge in [-0.15, -0.1) is 0 Å². The van der Waals surface area contributed by atoms with Crippen molar-refractivity contribution < 1.29 is 22.8 Å². The van der Waals surface area contributed by atoms with Crippen LogP contribution in [0.4, 0.5) is 19.3 Å². The summed E-state index contributed by atoms with van der Waals surface area (Å²) in [4.78, 5) is 28.8. The predicted octanol–water partition coefficient (Wildman–Crippen LogP) is 5.87. The molecule has 4 aromatic rings. The number of urea groups is 1. The molecule has 6 nitrogen and oxygen atoms in total. The van der Waals surface area contributed by atoms with E-state index in [1.165, 1.54) is 34.1 Å². The molecule has 1 aliphatic heterocycles. The Bertz CT molecular complexity index is 1450. The highest BCUT2D eigenvalue weighted by atomic mass is 35.5. The molecule has 178 valence electrons. The third-order valence-corrected chi connectivity index (χ3v) is 6.29. The summed E-state index contributed by atoms with van der Waals surface area (Å²) in [7, 11) is 1.65. The molecule has 0 fully saturated rings. The van der Waals surface area contributed by atoms with Gasteiger partial charge in [0.2, 0.25) is 0 Å². The molecule has 9 heteroatoms. The fraction of sp³-hybridized carbons (Fsp3) is 0.154. The van der Waals surface area contributed by atoms with Gasteiger partial charge in [-0.05, 0) is 48.0 Å². The van der Waals surface area contributed by atoms with E-state index in [9.17, 15) is 18.4 Å². The monoisotopic (exact) mass is 495 g/mol. The highest BCUT2D eigenvalue weighted by molar-refractivity contribution is 6.31. The van der Waals surface area contributed by atoms with Crippen molar-refractivity contribution in [2.24, 2.45) is 0 Å². The van der Waals surface area contributed by atoms with Crippen molar-refractivity contribution in [1.82, 2.24) is 10.2 Å². The number of furan rings is 1. The van der Waals surface area contributed by atoms with Crippen LogP contribution in [0.15, 0.2) is 65.1 Å². The van der Waals surface area contributed by atoms with Crippen molar-refractivity contribution >= 4 is 40.2 Å².